The van der Waals surface area contributed by atoms with Crippen LogP contribution in [-0.4, -0.2) is 38.0 Å². The summed E-state index contributed by atoms with van der Waals surface area (Å²) in [5.74, 6) is -2.93. The summed E-state index contributed by atoms with van der Waals surface area (Å²) in [4.78, 5) is 40.8. The zero-order valence-corrected chi connectivity index (χ0v) is 21.9. The highest BCUT2D eigenvalue weighted by Gasteiger charge is 2.49. The Morgan fingerprint density at radius 2 is 1.73 bits per heavy atom. The number of esters is 2. The number of carbonyl (C=O) groups excluding carboxylic acids is 3. The number of allylic oxidation sites excluding steroid dienone is 3. The zero-order chi connectivity index (χ0) is 26.7. The molecule has 0 unspecified atom stereocenters. The van der Waals surface area contributed by atoms with Crippen molar-refractivity contribution >= 4 is 17.7 Å². The molecule has 0 radical (unpaired) electrons. The SMILES string of the molecule is CCOC(=O)C1=C(C)NC2=C(C(=O)[C@H](C(=O)OCC)[C@@H](c3cccc(OC)c3)C2)[C@@H]1c1ccccc1C. The lowest BCUT2D eigenvalue weighted by Gasteiger charge is -2.39. The summed E-state index contributed by atoms with van der Waals surface area (Å²) in [5, 5.41) is 3.33. The van der Waals surface area contributed by atoms with Crippen LogP contribution in [0.3, 0.4) is 0 Å². The third kappa shape index (κ3) is 4.90. The number of methoxy groups -OCH3 is 1. The van der Waals surface area contributed by atoms with E-state index in [2.05, 4.69) is 5.32 Å². The molecule has 2 aromatic rings. The van der Waals surface area contributed by atoms with E-state index in [0.29, 0.717) is 34.7 Å². The molecule has 37 heavy (non-hydrogen) atoms. The van der Waals surface area contributed by atoms with Gasteiger partial charge in [0.25, 0.3) is 0 Å². The van der Waals surface area contributed by atoms with Gasteiger partial charge in [0.1, 0.15) is 11.7 Å². The fourth-order valence-electron chi connectivity index (χ4n) is 5.42. The molecular formula is C30H33NO6. The minimum absolute atomic E-state index is 0.159. The molecule has 0 fully saturated rings. The number of nitrogens with one attached hydrogen (secondary N) is 1. The van der Waals surface area contributed by atoms with Gasteiger partial charge in [-0.05, 0) is 62.9 Å². The van der Waals surface area contributed by atoms with Gasteiger partial charge >= 0.3 is 11.9 Å². The van der Waals surface area contributed by atoms with Crippen molar-refractivity contribution in [3.8, 4) is 5.75 Å². The van der Waals surface area contributed by atoms with E-state index in [1.165, 1.54) is 0 Å². The van der Waals surface area contributed by atoms with Crippen molar-refractivity contribution < 1.29 is 28.6 Å². The number of ketones is 1. The fourth-order valence-corrected chi connectivity index (χ4v) is 5.42. The lowest BCUT2D eigenvalue weighted by molar-refractivity contribution is -0.152. The Labute approximate surface area is 217 Å². The standard InChI is InChI=1S/C30H33NO6/c1-6-36-29(33)24-18(4)31-23-16-22(19-12-10-13-20(15-19)35-5)26(30(34)37-7-2)28(32)27(23)25(24)21-14-9-8-11-17(21)3/h8-15,22,25-26,31H,6-7,16H2,1-5H3/t22-,25-,26-/m1/s1. The second-order valence-electron chi connectivity index (χ2n) is 9.25. The first kappa shape index (κ1) is 26.2. The van der Waals surface area contributed by atoms with Crippen molar-refractivity contribution in [2.45, 2.75) is 46.0 Å². The highest BCUT2D eigenvalue weighted by atomic mass is 16.5. The summed E-state index contributed by atoms with van der Waals surface area (Å²) in [6, 6.07) is 15.1. The van der Waals surface area contributed by atoms with Gasteiger partial charge in [0.05, 0.1) is 25.9 Å². The van der Waals surface area contributed by atoms with E-state index in [9.17, 15) is 14.4 Å². The first-order valence-electron chi connectivity index (χ1n) is 12.6. The smallest absolute Gasteiger partial charge is 0.336 e. The van der Waals surface area contributed by atoms with Gasteiger partial charge in [0.15, 0.2) is 5.78 Å². The number of hydrogen-bond acceptors (Lipinski definition) is 7. The summed E-state index contributed by atoms with van der Waals surface area (Å²) in [6.45, 7) is 7.61. The summed E-state index contributed by atoms with van der Waals surface area (Å²) in [7, 11) is 1.58. The molecule has 0 aromatic heterocycles. The Balaban J connectivity index is 1.91. The summed E-state index contributed by atoms with van der Waals surface area (Å²) in [5.41, 5.74) is 4.71. The molecule has 2 aliphatic rings. The van der Waals surface area contributed by atoms with Crippen LogP contribution >= 0.6 is 0 Å². The third-order valence-electron chi connectivity index (χ3n) is 7.08. The number of rotatable bonds is 7. The van der Waals surface area contributed by atoms with Crippen LogP contribution in [0.15, 0.2) is 71.1 Å². The molecule has 7 heteroatoms. The fraction of sp³-hybridized carbons (Fsp3) is 0.367. The van der Waals surface area contributed by atoms with Crippen molar-refractivity contribution in [3.63, 3.8) is 0 Å². The first-order chi connectivity index (χ1) is 17.8. The largest absolute Gasteiger partial charge is 0.497 e. The summed E-state index contributed by atoms with van der Waals surface area (Å²) >= 11 is 0. The van der Waals surface area contributed by atoms with Gasteiger partial charge in [-0.25, -0.2) is 4.79 Å². The predicted octanol–water partition coefficient (Wildman–Crippen LogP) is 4.72. The van der Waals surface area contributed by atoms with E-state index < -0.39 is 29.7 Å². The van der Waals surface area contributed by atoms with E-state index in [1.54, 1.807) is 21.0 Å². The number of hydrogen-bond donors (Lipinski definition) is 1. The molecule has 4 rings (SSSR count). The lowest BCUT2D eigenvalue weighted by Crippen LogP contribution is -2.43. The molecule has 0 amide bonds. The van der Waals surface area contributed by atoms with Crippen LogP contribution in [0.1, 0.15) is 55.7 Å². The molecule has 1 aliphatic heterocycles. The van der Waals surface area contributed by atoms with Gasteiger partial charge in [-0.1, -0.05) is 36.4 Å². The Morgan fingerprint density at radius 3 is 2.41 bits per heavy atom. The van der Waals surface area contributed by atoms with Crippen molar-refractivity contribution in [1.29, 1.82) is 0 Å². The minimum Gasteiger partial charge on any atom is -0.497 e. The molecule has 1 heterocycles. The molecule has 3 atom stereocenters. The average Bonchev–Trinajstić information content (AvgIpc) is 2.88. The number of benzene rings is 2. The summed E-state index contributed by atoms with van der Waals surface area (Å²) < 4.78 is 16.2. The van der Waals surface area contributed by atoms with Gasteiger partial charge in [-0.15, -0.1) is 0 Å². The molecule has 0 saturated carbocycles. The highest BCUT2D eigenvalue weighted by molar-refractivity contribution is 6.13. The molecule has 0 saturated heterocycles. The lowest BCUT2D eigenvalue weighted by atomic mass is 9.66. The topological polar surface area (TPSA) is 90.9 Å². The van der Waals surface area contributed by atoms with Gasteiger partial charge in [0, 0.05) is 28.8 Å². The predicted molar refractivity (Wildman–Crippen MR) is 139 cm³/mol. The highest BCUT2D eigenvalue weighted by Crippen LogP contribution is 2.49. The van der Waals surface area contributed by atoms with E-state index in [4.69, 9.17) is 14.2 Å². The van der Waals surface area contributed by atoms with Gasteiger partial charge < -0.3 is 19.5 Å². The number of ether oxygens (including phenoxy) is 3. The van der Waals surface area contributed by atoms with Crippen LogP contribution in [0, 0.1) is 12.8 Å². The van der Waals surface area contributed by atoms with Crippen LogP contribution in [0.5, 0.6) is 5.75 Å². The van der Waals surface area contributed by atoms with Crippen LogP contribution in [0.2, 0.25) is 0 Å². The van der Waals surface area contributed by atoms with Crippen LogP contribution in [0.4, 0.5) is 0 Å². The molecule has 0 bridgehead atoms. The number of aryl methyl sites for hydroxylation is 1. The second-order valence-corrected chi connectivity index (χ2v) is 9.25. The van der Waals surface area contributed by atoms with Crippen LogP contribution < -0.4 is 10.1 Å². The molecule has 194 valence electrons. The molecular weight excluding hydrogens is 470 g/mol. The monoisotopic (exact) mass is 503 g/mol. The van der Waals surface area contributed by atoms with Gasteiger partial charge in [-0.2, -0.15) is 0 Å². The van der Waals surface area contributed by atoms with E-state index >= 15 is 0 Å². The Kier molecular flexibility index (Phi) is 7.81. The van der Waals surface area contributed by atoms with Crippen molar-refractivity contribution in [3.05, 3.63) is 87.8 Å². The maximum atomic E-state index is 14.3. The van der Waals surface area contributed by atoms with E-state index in [1.807, 2.05) is 62.4 Å². The maximum absolute atomic E-state index is 14.3. The minimum atomic E-state index is -1.05. The van der Waals surface area contributed by atoms with Crippen molar-refractivity contribution in [2.75, 3.05) is 20.3 Å². The zero-order valence-electron chi connectivity index (χ0n) is 21.9. The van der Waals surface area contributed by atoms with E-state index in [0.717, 1.165) is 16.7 Å². The second kappa shape index (κ2) is 11.0. The average molecular weight is 504 g/mol. The molecule has 7 nitrogen and oxygen atoms in total. The van der Waals surface area contributed by atoms with Crippen molar-refractivity contribution in [2.24, 2.45) is 5.92 Å². The third-order valence-corrected chi connectivity index (χ3v) is 7.08. The Bertz CT molecular complexity index is 1290. The number of dihydropyridines is 1. The van der Waals surface area contributed by atoms with Crippen LogP contribution in [0.25, 0.3) is 0 Å². The molecule has 1 aliphatic carbocycles. The number of carbonyl (C=O) groups is 3. The van der Waals surface area contributed by atoms with Gasteiger partial charge in [-0.3, -0.25) is 9.59 Å². The Morgan fingerprint density at radius 1 is 1.00 bits per heavy atom. The summed E-state index contributed by atoms with van der Waals surface area (Å²) in [6.07, 6.45) is 0.396. The quantitative estimate of drug-likeness (QED) is 0.432. The number of Topliss-reactive ketones (excluding diaryl/α,β-unsaturated/α-hetero) is 1. The van der Waals surface area contributed by atoms with Crippen LogP contribution in [-0.2, 0) is 23.9 Å². The van der Waals surface area contributed by atoms with Gasteiger partial charge in [0.2, 0.25) is 0 Å². The Hall–Kier alpha value is -3.87. The normalized spacial score (nSPS) is 21.2. The molecule has 0 spiro atoms. The maximum Gasteiger partial charge on any atom is 0.336 e. The van der Waals surface area contributed by atoms with E-state index in [-0.39, 0.29) is 19.0 Å². The molecule has 2 aromatic carbocycles. The first-order valence-corrected chi connectivity index (χ1v) is 12.6. The molecule has 1 N–H and O–H groups in total. The van der Waals surface area contributed by atoms with Crippen molar-refractivity contribution in [1.82, 2.24) is 5.32 Å².